The summed E-state index contributed by atoms with van der Waals surface area (Å²) in [7, 11) is -1.98. The second-order valence-corrected chi connectivity index (χ2v) is 5.44. The largest absolute Gasteiger partial charge is 0.377 e. The van der Waals surface area contributed by atoms with E-state index >= 15 is 0 Å². The van der Waals surface area contributed by atoms with Crippen LogP contribution in [0.2, 0.25) is 0 Å². The summed E-state index contributed by atoms with van der Waals surface area (Å²) in [5.74, 6) is 0. The van der Waals surface area contributed by atoms with Crippen LogP contribution in [0.15, 0.2) is 17.6 Å². The lowest BCUT2D eigenvalue weighted by Gasteiger charge is -2.22. The molecule has 0 saturated heterocycles. The Labute approximate surface area is 89.1 Å². The van der Waals surface area contributed by atoms with Crippen molar-refractivity contribution in [3.05, 3.63) is 12.5 Å². The van der Waals surface area contributed by atoms with Crippen molar-refractivity contribution in [3.63, 3.8) is 0 Å². The Morgan fingerprint density at radius 2 is 2.27 bits per heavy atom. The summed E-state index contributed by atoms with van der Waals surface area (Å²) < 4.78 is 30.8. The Morgan fingerprint density at radius 3 is 2.73 bits per heavy atom. The van der Waals surface area contributed by atoms with Crippen molar-refractivity contribution in [2.75, 3.05) is 13.7 Å². The number of methoxy groups -OCH3 is 1. The lowest BCUT2D eigenvalue weighted by Crippen LogP contribution is -2.39. The van der Waals surface area contributed by atoms with Gasteiger partial charge in [0, 0.05) is 13.7 Å². The van der Waals surface area contributed by atoms with Crippen LogP contribution < -0.4 is 4.72 Å². The van der Waals surface area contributed by atoms with E-state index in [9.17, 15) is 8.42 Å². The Hall–Kier alpha value is -0.920. The van der Waals surface area contributed by atoms with Crippen molar-refractivity contribution < 1.29 is 13.2 Å². The number of H-pyrrole nitrogens is 1. The van der Waals surface area contributed by atoms with E-state index in [-0.39, 0.29) is 11.6 Å². The highest BCUT2D eigenvalue weighted by atomic mass is 32.2. The third-order valence-corrected chi connectivity index (χ3v) is 3.33. The number of imidazole rings is 1. The highest BCUT2D eigenvalue weighted by Crippen LogP contribution is 2.08. The van der Waals surface area contributed by atoms with Gasteiger partial charge in [0.2, 0.25) is 0 Å². The maximum Gasteiger partial charge on any atom is 0.257 e. The third-order valence-electron chi connectivity index (χ3n) is 2.00. The van der Waals surface area contributed by atoms with Gasteiger partial charge in [-0.15, -0.1) is 0 Å². The average molecular weight is 233 g/mol. The monoisotopic (exact) mass is 233 g/mol. The van der Waals surface area contributed by atoms with Crippen molar-refractivity contribution in [1.29, 1.82) is 0 Å². The Kier molecular flexibility index (Phi) is 3.48. The molecule has 86 valence electrons. The van der Waals surface area contributed by atoms with Crippen LogP contribution in [0.25, 0.3) is 0 Å². The van der Waals surface area contributed by atoms with Crippen LogP contribution in [0.4, 0.5) is 0 Å². The van der Waals surface area contributed by atoms with Crippen LogP contribution in [0.5, 0.6) is 0 Å². The number of ether oxygens (including phenoxy) is 1. The van der Waals surface area contributed by atoms with Crippen LogP contribution in [0.1, 0.15) is 13.8 Å². The lowest BCUT2D eigenvalue weighted by molar-refractivity contribution is 0.0276. The van der Waals surface area contributed by atoms with Crippen LogP contribution >= 0.6 is 0 Å². The van der Waals surface area contributed by atoms with E-state index < -0.39 is 15.6 Å². The fourth-order valence-corrected chi connectivity index (χ4v) is 1.91. The molecular formula is C8H15N3O3S. The molecule has 7 heteroatoms. The summed E-state index contributed by atoms with van der Waals surface area (Å²) in [5, 5.41) is 0.0504. The molecule has 0 bridgehead atoms. The Bertz CT molecular complexity index is 397. The van der Waals surface area contributed by atoms with Gasteiger partial charge in [0.05, 0.1) is 18.1 Å². The predicted octanol–water partition coefficient (Wildman–Crippen LogP) is 0.113. The zero-order chi connectivity index (χ0) is 11.5. The highest BCUT2D eigenvalue weighted by Gasteiger charge is 2.22. The molecule has 6 nitrogen and oxygen atoms in total. The molecule has 0 saturated carbocycles. The number of hydrogen-bond acceptors (Lipinski definition) is 4. The van der Waals surface area contributed by atoms with Gasteiger partial charge in [0.1, 0.15) is 0 Å². The molecule has 0 aliphatic heterocycles. The molecule has 1 heterocycles. The van der Waals surface area contributed by atoms with Gasteiger partial charge in [-0.3, -0.25) is 0 Å². The van der Waals surface area contributed by atoms with Crippen LogP contribution in [0, 0.1) is 0 Å². The molecule has 0 atom stereocenters. The summed E-state index contributed by atoms with van der Waals surface area (Å²) in [6.07, 6.45) is 2.57. The standard InChI is InChI=1S/C8H15N3O3S/c1-8(2,14-3)5-11-15(12,13)7-4-9-6-10-7/h4,6,11H,5H2,1-3H3,(H,9,10). The first-order valence-electron chi connectivity index (χ1n) is 4.40. The van der Waals surface area contributed by atoms with E-state index in [0.717, 1.165) is 0 Å². The first-order chi connectivity index (χ1) is 6.87. The van der Waals surface area contributed by atoms with Gasteiger partial charge in [0.25, 0.3) is 10.0 Å². The fourth-order valence-electron chi connectivity index (χ4n) is 0.809. The van der Waals surface area contributed by atoms with E-state index in [1.165, 1.54) is 19.6 Å². The molecule has 0 aliphatic carbocycles. The second kappa shape index (κ2) is 4.30. The predicted molar refractivity (Wildman–Crippen MR) is 54.9 cm³/mol. The first kappa shape index (κ1) is 12.2. The third kappa shape index (κ3) is 3.29. The SMILES string of the molecule is COC(C)(C)CNS(=O)(=O)c1cnc[nH]1. The Balaban J connectivity index is 2.67. The van der Waals surface area contributed by atoms with Crippen molar-refractivity contribution in [3.8, 4) is 0 Å². The highest BCUT2D eigenvalue weighted by molar-refractivity contribution is 7.89. The van der Waals surface area contributed by atoms with E-state index in [0.29, 0.717) is 0 Å². The zero-order valence-electron chi connectivity index (χ0n) is 8.94. The number of rotatable bonds is 5. The molecule has 0 radical (unpaired) electrons. The van der Waals surface area contributed by atoms with Gasteiger partial charge in [-0.2, -0.15) is 0 Å². The topological polar surface area (TPSA) is 84.1 Å². The summed E-state index contributed by atoms with van der Waals surface area (Å²) in [5.41, 5.74) is -0.535. The van der Waals surface area contributed by atoms with E-state index in [4.69, 9.17) is 4.74 Å². The van der Waals surface area contributed by atoms with Gasteiger partial charge < -0.3 is 9.72 Å². The molecule has 15 heavy (non-hydrogen) atoms. The number of sulfonamides is 1. The molecule has 2 N–H and O–H groups in total. The van der Waals surface area contributed by atoms with E-state index in [1.807, 2.05) is 0 Å². The minimum Gasteiger partial charge on any atom is -0.377 e. The van der Waals surface area contributed by atoms with Crippen molar-refractivity contribution >= 4 is 10.0 Å². The lowest BCUT2D eigenvalue weighted by atomic mass is 10.1. The molecule has 1 rings (SSSR count). The smallest absolute Gasteiger partial charge is 0.257 e. The van der Waals surface area contributed by atoms with Crippen LogP contribution in [0.3, 0.4) is 0 Å². The molecule has 0 spiro atoms. The summed E-state index contributed by atoms with van der Waals surface area (Å²) in [4.78, 5) is 6.18. The van der Waals surface area contributed by atoms with E-state index in [1.54, 1.807) is 13.8 Å². The number of hydrogen-bond donors (Lipinski definition) is 2. The average Bonchev–Trinajstić information content (AvgIpc) is 2.69. The molecule has 1 aromatic rings. The molecule has 0 aromatic carbocycles. The minimum atomic E-state index is -3.51. The zero-order valence-corrected chi connectivity index (χ0v) is 9.76. The number of nitrogens with zero attached hydrogens (tertiary/aromatic N) is 1. The number of nitrogens with one attached hydrogen (secondary N) is 2. The van der Waals surface area contributed by atoms with Crippen molar-refractivity contribution in [2.24, 2.45) is 0 Å². The second-order valence-electron chi connectivity index (χ2n) is 3.70. The van der Waals surface area contributed by atoms with Crippen molar-refractivity contribution in [2.45, 2.75) is 24.5 Å². The maximum atomic E-state index is 11.6. The molecular weight excluding hydrogens is 218 g/mol. The minimum absolute atomic E-state index is 0.0504. The van der Waals surface area contributed by atoms with Gasteiger partial charge in [-0.25, -0.2) is 18.1 Å². The molecule has 0 unspecified atom stereocenters. The number of aromatic nitrogens is 2. The Morgan fingerprint density at radius 1 is 1.60 bits per heavy atom. The van der Waals surface area contributed by atoms with Gasteiger partial charge >= 0.3 is 0 Å². The fraction of sp³-hybridized carbons (Fsp3) is 0.625. The van der Waals surface area contributed by atoms with Crippen LogP contribution in [-0.4, -0.2) is 37.6 Å². The van der Waals surface area contributed by atoms with Crippen LogP contribution in [-0.2, 0) is 14.8 Å². The summed E-state index contributed by atoms with van der Waals surface area (Å²) in [6, 6.07) is 0. The molecule has 0 aliphatic rings. The summed E-state index contributed by atoms with van der Waals surface area (Å²) >= 11 is 0. The summed E-state index contributed by atoms with van der Waals surface area (Å²) in [6.45, 7) is 3.79. The molecule has 1 aromatic heterocycles. The maximum absolute atomic E-state index is 11.6. The molecule has 0 fully saturated rings. The van der Waals surface area contributed by atoms with Crippen molar-refractivity contribution in [1.82, 2.24) is 14.7 Å². The van der Waals surface area contributed by atoms with Gasteiger partial charge in [0.15, 0.2) is 5.03 Å². The van der Waals surface area contributed by atoms with Gasteiger partial charge in [-0.05, 0) is 13.8 Å². The molecule has 0 amide bonds. The first-order valence-corrected chi connectivity index (χ1v) is 5.89. The van der Waals surface area contributed by atoms with E-state index in [2.05, 4.69) is 14.7 Å². The number of aromatic amines is 1. The quantitative estimate of drug-likeness (QED) is 0.756. The van der Waals surface area contributed by atoms with Gasteiger partial charge in [-0.1, -0.05) is 0 Å². The normalized spacial score (nSPS) is 13.0.